The largest absolute Gasteiger partial charge is 0.352 e. The minimum Gasteiger partial charge on any atom is -0.352 e. The van der Waals surface area contributed by atoms with Gasteiger partial charge in [0, 0.05) is 12.1 Å². The van der Waals surface area contributed by atoms with Crippen LogP contribution in [0.25, 0.3) is 0 Å². The van der Waals surface area contributed by atoms with Gasteiger partial charge in [0.15, 0.2) is 0 Å². The summed E-state index contributed by atoms with van der Waals surface area (Å²) in [6.07, 6.45) is 13.5. The molecule has 0 unspecified atom stereocenters. The number of hydrogen-bond acceptors (Lipinski definition) is 2. The highest BCUT2D eigenvalue weighted by Crippen LogP contribution is 2.35. The number of carbonyl (C=O) groups is 1. The van der Waals surface area contributed by atoms with Crippen LogP contribution >= 0.6 is 0 Å². The Hall–Kier alpha value is -1.09. The van der Waals surface area contributed by atoms with Crippen molar-refractivity contribution in [3.05, 3.63) is 22.8 Å². The molecule has 1 N–H and O–H groups in total. The van der Waals surface area contributed by atoms with Gasteiger partial charge in [-0.15, -0.1) is 0 Å². The molecule has 2 aliphatic heterocycles. The average Bonchev–Trinajstić information content (AvgIpc) is 2.59. The molecule has 3 aliphatic rings. The van der Waals surface area contributed by atoms with E-state index in [1.54, 1.807) is 5.57 Å². The molecule has 0 spiro atoms. The zero-order valence-electron chi connectivity index (χ0n) is 14.7. The molecule has 3 nitrogen and oxygen atoms in total. The summed E-state index contributed by atoms with van der Waals surface area (Å²) in [4.78, 5) is 14.7. The number of piperidine rings is 2. The highest BCUT2D eigenvalue weighted by molar-refractivity contribution is 5.99. The Labute approximate surface area is 141 Å². The summed E-state index contributed by atoms with van der Waals surface area (Å²) in [6.45, 7) is 7.10. The van der Waals surface area contributed by atoms with Gasteiger partial charge in [-0.2, -0.15) is 0 Å². The summed E-state index contributed by atoms with van der Waals surface area (Å²) in [5.41, 5.74) is 3.94. The number of likely N-dealkylation sites (tertiary alicyclic amines) is 1. The summed E-state index contributed by atoms with van der Waals surface area (Å²) < 4.78 is 0. The van der Waals surface area contributed by atoms with E-state index < -0.39 is 0 Å². The fourth-order valence-electron chi connectivity index (χ4n) is 4.43. The third kappa shape index (κ3) is 4.26. The number of nitrogens with zero attached hydrogens (tertiary/aromatic N) is 1. The Morgan fingerprint density at radius 2 is 2.00 bits per heavy atom. The van der Waals surface area contributed by atoms with E-state index >= 15 is 0 Å². The van der Waals surface area contributed by atoms with Gasteiger partial charge < -0.3 is 10.2 Å². The lowest BCUT2D eigenvalue weighted by Gasteiger charge is -2.29. The lowest BCUT2D eigenvalue weighted by atomic mass is 9.79. The molecule has 1 amide bonds. The summed E-state index contributed by atoms with van der Waals surface area (Å²) in [7, 11) is 0. The van der Waals surface area contributed by atoms with Gasteiger partial charge in [-0.05, 0) is 76.1 Å². The van der Waals surface area contributed by atoms with Crippen LogP contribution in [0.5, 0.6) is 0 Å². The standard InChI is InChI=1S/C20H32N2O/c1-16(8-3-6-15-22-13-4-2-5-14-22)17-9-7-10-19-18(17)11-12-21-20(19)23/h10,16H,2-9,11-15H2,1H3,(H,21,23)/t16-/m0/s1. The number of carbonyl (C=O) groups excluding carboxylic acids is 1. The fourth-order valence-corrected chi connectivity index (χ4v) is 4.43. The van der Waals surface area contributed by atoms with Gasteiger partial charge in [0.1, 0.15) is 0 Å². The van der Waals surface area contributed by atoms with E-state index in [-0.39, 0.29) is 5.91 Å². The van der Waals surface area contributed by atoms with Crippen molar-refractivity contribution in [2.24, 2.45) is 5.92 Å². The van der Waals surface area contributed by atoms with Crippen LogP contribution in [-0.4, -0.2) is 37.0 Å². The summed E-state index contributed by atoms with van der Waals surface area (Å²) in [5.74, 6) is 0.793. The summed E-state index contributed by atoms with van der Waals surface area (Å²) >= 11 is 0. The van der Waals surface area contributed by atoms with E-state index in [9.17, 15) is 4.79 Å². The molecule has 0 aromatic rings. The monoisotopic (exact) mass is 316 g/mol. The fraction of sp³-hybridized carbons (Fsp3) is 0.750. The molecule has 3 rings (SSSR count). The predicted molar refractivity (Wildman–Crippen MR) is 95.3 cm³/mol. The van der Waals surface area contributed by atoms with Gasteiger partial charge in [-0.1, -0.05) is 31.4 Å². The molecule has 3 heteroatoms. The molecular weight excluding hydrogens is 284 g/mol. The van der Waals surface area contributed by atoms with Gasteiger partial charge in [-0.3, -0.25) is 4.79 Å². The van der Waals surface area contributed by atoms with E-state index in [1.807, 2.05) is 0 Å². The van der Waals surface area contributed by atoms with Gasteiger partial charge in [0.05, 0.1) is 0 Å². The lowest BCUT2D eigenvalue weighted by Crippen LogP contribution is -2.34. The molecule has 0 aromatic carbocycles. The Bertz CT molecular complexity index is 486. The SMILES string of the molecule is C[C@@H](CCCCN1CCCCC1)C1=C2CCNC(=O)C2=CCC1. The van der Waals surface area contributed by atoms with Crippen molar-refractivity contribution >= 4 is 5.91 Å². The first-order valence-electron chi connectivity index (χ1n) is 9.68. The predicted octanol–water partition coefficient (Wildman–Crippen LogP) is 3.82. The Balaban J connectivity index is 1.48. The first-order valence-corrected chi connectivity index (χ1v) is 9.68. The number of amides is 1. The maximum Gasteiger partial charge on any atom is 0.251 e. The van der Waals surface area contributed by atoms with Crippen molar-refractivity contribution in [2.75, 3.05) is 26.2 Å². The Morgan fingerprint density at radius 3 is 2.83 bits per heavy atom. The van der Waals surface area contributed by atoms with Crippen LogP contribution in [0.2, 0.25) is 0 Å². The molecule has 2 heterocycles. The van der Waals surface area contributed by atoms with Crippen LogP contribution in [0.3, 0.4) is 0 Å². The van der Waals surface area contributed by atoms with E-state index in [2.05, 4.69) is 23.2 Å². The number of nitrogens with one attached hydrogen (secondary N) is 1. The second kappa shape index (κ2) is 8.14. The van der Waals surface area contributed by atoms with Gasteiger partial charge in [-0.25, -0.2) is 0 Å². The maximum absolute atomic E-state index is 12.0. The van der Waals surface area contributed by atoms with Crippen molar-refractivity contribution in [3.8, 4) is 0 Å². The zero-order chi connectivity index (χ0) is 16.1. The Kier molecular flexibility index (Phi) is 5.93. The Morgan fingerprint density at radius 1 is 1.17 bits per heavy atom. The van der Waals surface area contributed by atoms with Crippen molar-refractivity contribution in [2.45, 2.75) is 64.7 Å². The van der Waals surface area contributed by atoms with Crippen molar-refractivity contribution in [3.63, 3.8) is 0 Å². The third-order valence-electron chi connectivity index (χ3n) is 5.79. The highest BCUT2D eigenvalue weighted by atomic mass is 16.1. The molecule has 2 saturated heterocycles. The molecule has 0 saturated carbocycles. The normalized spacial score (nSPS) is 24.0. The lowest BCUT2D eigenvalue weighted by molar-refractivity contribution is -0.117. The van der Waals surface area contributed by atoms with Crippen LogP contribution in [0.4, 0.5) is 0 Å². The smallest absolute Gasteiger partial charge is 0.251 e. The molecular formula is C20H32N2O. The molecule has 0 radical (unpaired) electrons. The van der Waals surface area contributed by atoms with Gasteiger partial charge in [0.2, 0.25) is 0 Å². The van der Waals surface area contributed by atoms with Crippen LogP contribution in [-0.2, 0) is 4.79 Å². The van der Waals surface area contributed by atoms with Gasteiger partial charge >= 0.3 is 0 Å². The number of unbranched alkanes of at least 4 members (excludes halogenated alkanes) is 1. The average molecular weight is 316 g/mol. The zero-order valence-corrected chi connectivity index (χ0v) is 14.7. The molecule has 1 atom stereocenters. The van der Waals surface area contributed by atoms with E-state index in [0.717, 1.165) is 25.0 Å². The second-order valence-electron chi connectivity index (χ2n) is 7.47. The number of fused-ring (bicyclic) bond motifs is 1. The molecule has 2 fully saturated rings. The van der Waals surface area contributed by atoms with Crippen LogP contribution < -0.4 is 5.32 Å². The van der Waals surface area contributed by atoms with Crippen molar-refractivity contribution in [1.82, 2.24) is 10.2 Å². The number of allylic oxidation sites excluding steroid dienone is 2. The van der Waals surface area contributed by atoms with E-state index in [1.165, 1.54) is 70.2 Å². The van der Waals surface area contributed by atoms with Crippen LogP contribution in [0, 0.1) is 5.92 Å². The quantitative estimate of drug-likeness (QED) is 0.756. The molecule has 0 aromatic heterocycles. The minimum absolute atomic E-state index is 0.153. The first-order chi connectivity index (χ1) is 11.3. The third-order valence-corrected chi connectivity index (χ3v) is 5.79. The van der Waals surface area contributed by atoms with Crippen LogP contribution in [0.1, 0.15) is 64.7 Å². The first kappa shape index (κ1) is 16.8. The topological polar surface area (TPSA) is 32.3 Å². The summed E-state index contributed by atoms with van der Waals surface area (Å²) in [5, 5.41) is 2.98. The van der Waals surface area contributed by atoms with E-state index in [0.29, 0.717) is 5.92 Å². The van der Waals surface area contributed by atoms with Crippen molar-refractivity contribution < 1.29 is 4.79 Å². The summed E-state index contributed by atoms with van der Waals surface area (Å²) in [6, 6.07) is 0. The molecule has 23 heavy (non-hydrogen) atoms. The number of rotatable bonds is 6. The van der Waals surface area contributed by atoms with Crippen LogP contribution in [0.15, 0.2) is 22.8 Å². The number of hydrogen-bond donors (Lipinski definition) is 1. The van der Waals surface area contributed by atoms with Crippen molar-refractivity contribution in [1.29, 1.82) is 0 Å². The maximum atomic E-state index is 12.0. The molecule has 128 valence electrons. The molecule has 0 bridgehead atoms. The second-order valence-corrected chi connectivity index (χ2v) is 7.47. The molecule has 1 aliphatic carbocycles. The van der Waals surface area contributed by atoms with E-state index in [4.69, 9.17) is 0 Å². The van der Waals surface area contributed by atoms with Gasteiger partial charge in [0.25, 0.3) is 5.91 Å². The minimum atomic E-state index is 0.153. The highest BCUT2D eigenvalue weighted by Gasteiger charge is 2.26.